The number of halogens is 2. The summed E-state index contributed by atoms with van der Waals surface area (Å²) < 4.78 is 28.7. The Morgan fingerprint density at radius 1 is 1.19 bits per heavy atom. The number of rotatable bonds is 1. The fourth-order valence-electron chi connectivity index (χ4n) is 3.90. The molecule has 2 aromatic rings. The van der Waals surface area contributed by atoms with Crippen molar-refractivity contribution in [2.45, 2.75) is 44.4 Å². The molecule has 1 aliphatic heterocycles. The predicted octanol–water partition coefficient (Wildman–Crippen LogP) is 5.11. The average Bonchev–Trinajstić information content (AvgIpc) is 2.92. The number of hydrogen-bond donors (Lipinski definition) is 0. The third-order valence-electron chi connectivity index (χ3n) is 5.23. The Kier molecular flexibility index (Phi) is 4.54. The van der Waals surface area contributed by atoms with Crippen molar-refractivity contribution in [3.05, 3.63) is 70.3 Å². The lowest BCUT2D eigenvalue weighted by Crippen LogP contribution is -2.40. The van der Waals surface area contributed by atoms with Gasteiger partial charge in [-0.1, -0.05) is 36.0 Å². The van der Waals surface area contributed by atoms with Gasteiger partial charge in [0.05, 0.1) is 0 Å². The Bertz CT molecular complexity index is 959. The Morgan fingerprint density at radius 3 is 2.74 bits per heavy atom. The van der Waals surface area contributed by atoms with E-state index in [1.165, 1.54) is 48.3 Å². The third-order valence-corrected chi connectivity index (χ3v) is 6.66. The smallest absolute Gasteiger partial charge is 0.241 e. The second-order valence-corrected chi connectivity index (χ2v) is 8.33. The maximum Gasteiger partial charge on any atom is 0.241 e. The van der Waals surface area contributed by atoms with Crippen LogP contribution in [0.3, 0.4) is 0 Å². The molecule has 140 valence electrons. The molecule has 0 saturated carbocycles. The fourth-order valence-corrected chi connectivity index (χ4v) is 5.42. The molecule has 2 aliphatic rings. The Morgan fingerprint density at radius 2 is 1.96 bits per heavy atom. The van der Waals surface area contributed by atoms with Gasteiger partial charge in [0.15, 0.2) is 0 Å². The topological polar surface area (TPSA) is 32.7 Å². The van der Waals surface area contributed by atoms with Crippen LogP contribution >= 0.6 is 11.8 Å². The monoisotopic (exact) mass is 386 g/mol. The van der Waals surface area contributed by atoms with Crippen LogP contribution in [-0.4, -0.2) is 16.0 Å². The summed E-state index contributed by atoms with van der Waals surface area (Å²) in [6, 6.07) is 10.4. The first kappa shape index (κ1) is 18.2. The van der Waals surface area contributed by atoms with Crippen molar-refractivity contribution in [1.82, 2.24) is 5.01 Å². The van der Waals surface area contributed by atoms with Crippen LogP contribution in [0.1, 0.15) is 48.4 Å². The van der Waals surface area contributed by atoms with E-state index < -0.39 is 16.5 Å². The van der Waals surface area contributed by atoms with E-state index in [1.807, 2.05) is 18.2 Å². The summed E-state index contributed by atoms with van der Waals surface area (Å²) in [5.41, 5.74) is 2.57. The summed E-state index contributed by atoms with van der Waals surface area (Å²) in [7, 11) is 0. The molecule has 0 N–H and O–H groups in total. The number of benzene rings is 2. The molecule has 6 heteroatoms. The van der Waals surface area contributed by atoms with E-state index in [-0.39, 0.29) is 17.0 Å². The van der Waals surface area contributed by atoms with E-state index >= 15 is 0 Å². The Hall–Kier alpha value is -2.21. The maximum absolute atomic E-state index is 14.6. The predicted molar refractivity (Wildman–Crippen MR) is 103 cm³/mol. The van der Waals surface area contributed by atoms with Gasteiger partial charge in [0.25, 0.3) is 0 Å². The lowest BCUT2D eigenvalue weighted by Gasteiger charge is -2.35. The van der Waals surface area contributed by atoms with E-state index in [9.17, 15) is 13.6 Å². The van der Waals surface area contributed by atoms with Crippen LogP contribution in [0.2, 0.25) is 0 Å². The minimum absolute atomic E-state index is 0.105. The zero-order valence-corrected chi connectivity index (χ0v) is 16.1. The molecule has 27 heavy (non-hydrogen) atoms. The highest BCUT2D eigenvalue weighted by Crippen LogP contribution is 2.53. The van der Waals surface area contributed by atoms with E-state index in [2.05, 4.69) is 11.2 Å². The van der Waals surface area contributed by atoms with Gasteiger partial charge in [0.1, 0.15) is 21.5 Å². The van der Waals surface area contributed by atoms with Gasteiger partial charge in [-0.3, -0.25) is 4.79 Å². The normalized spacial score (nSPS) is 21.8. The average molecular weight is 386 g/mol. The van der Waals surface area contributed by atoms with Gasteiger partial charge in [0.2, 0.25) is 5.91 Å². The van der Waals surface area contributed by atoms with Crippen LogP contribution in [-0.2, 0) is 16.1 Å². The lowest BCUT2D eigenvalue weighted by atomic mass is 9.98. The van der Waals surface area contributed by atoms with Crippen molar-refractivity contribution >= 4 is 22.7 Å². The van der Waals surface area contributed by atoms with Gasteiger partial charge in [-0.05, 0) is 61.4 Å². The third kappa shape index (κ3) is 2.96. The summed E-state index contributed by atoms with van der Waals surface area (Å²) in [4.78, 5) is 11.8. The van der Waals surface area contributed by atoms with Crippen molar-refractivity contribution in [3.63, 3.8) is 0 Å². The number of carbonyl (C=O) groups excluding carboxylic acids is 1. The molecule has 4 rings (SSSR count). The van der Waals surface area contributed by atoms with E-state index in [1.54, 1.807) is 0 Å². The molecule has 1 aliphatic carbocycles. The number of thioether (sulfide) groups is 1. The number of nitrogens with zero attached hydrogens (tertiary/aromatic N) is 2. The van der Waals surface area contributed by atoms with Gasteiger partial charge in [0, 0.05) is 12.5 Å². The van der Waals surface area contributed by atoms with Gasteiger partial charge in [-0.2, -0.15) is 5.10 Å². The molecular weight excluding hydrogens is 366 g/mol. The molecule has 1 spiro atoms. The van der Waals surface area contributed by atoms with Crippen molar-refractivity contribution < 1.29 is 13.6 Å². The first-order chi connectivity index (χ1) is 12.9. The number of fused-ring (bicyclic) bond motifs is 2. The first-order valence-corrected chi connectivity index (χ1v) is 9.87. The van der Waals surface area contributed by atoms with E-state index in [0.717, 1.165) is 31.2 Å². The molecule has 0 aromatic heterocycles. The Labute approximate surface area is 161 Å². The minimum atomic E-state index is -0.706. The molecule has 0 fully saturated rings. The molecule has 1 heterocycles. The summed E-state index contributed by atoms with van der Waals surface area (Å²) in [6.07, 6.45) is 3.61. The van der Waals surface area contributed by atoms with Crippen LogP contribution in [0.4, 0.5) is 8.78 Å². The number of hydrogen-bond acceptors (Lipinski definition) is 3. The van der Waals surface area contributed by atoms with Crippen LogP contribution in [0.25, 0.3) is 0 Å². The zero-order valence-electron chi connectivity index (χ0n) is 15.3. The molecule has 2 aromatic carbocycles. The number of aryl methyl sites for hydroxylation is 2. The zero-order chi connectivity index (χ0) is 19.2. The molecule has 1 atom stereocenters. The van der Waals surface area contributed by atoms with Crippen LogP contribution < -0.4 is 0 Å². The van der Waals surface area contributed by atoms with E-state index in [0.29, 0.717) is 5.04 Å². The van der Waals surface area contributed by atoms with Gasteiger partial charge in [-0.15, -0.1) is 0 Å². The second-order valence-electron chi connectivity index (χ2n) is 7.07. The van der Waals surface area contributed by atoms with Gasteiger partial charge in [-0.25, -0.2) is 13.8 Å². The summed E-state index contributed by atoms with van der Waals surface area (Å²) in [5, 5.41) is 6.28. The first-order valence-electron chi connectivity index (χ1n) is 9.05. The molecule has 1 amide bonds. The molecule has 0 radical (unpaired) electrons. The number of carbonyl (C=O) groups is 1. The second kappa shape index (κ2) is 6.75. The molecule has 1 unspecified atom stereocenters. The minimum Gasteiger partial charge on any atom is -0.273 e. The van der Waals surface area contributed by atoms with Gasteiger partial charge < -0.3 is 0 Å². The lowest BCUT2D eigenvalue weighted by molar-refractivity contribution is -0.132. The van der Waals surface area contributed by atoms with E-state index in [4.69, 9.17) is 0 Å². The van der Waals surface area contributed by atoms with Crippen LogP contribution in [0.15, 0.2) is 41.5 Å². The highest BCUT2D eigenvalue weighted by atomic mass is 32.2. The van der Waals surface area contributed by atoms with Crippen molar-refractivity contribution in [2.24, 2.45) is 5.10 Å². The quantitative estimate of drug-likeness (QED) is 0.682. The molecule has 3 nitrogen and oxygen atoms in total. The largest absolute Gasteiger partial charge is 0.273 e. The number of amides is 1. The van der Waals surface area contributed by atoms with Gasteiger partial charge >= 0.3 is 0 Å². The summed E-state index contributed by atoms with van der Waals surface area (Å²) in [5.74, 6) is -1.21. The maximum atomic E-state index is 14.6. The molecule has 0 saturated heterocycles. The SMILES string of the molecule is CC(=O)N1N=C(c2cc(F)c(C)cc2F)SC12CCCCc1ccccc12. The Balaban J connectivity index is 1.86. The molecule has 0 bridgehead atoms. The highest BCUT2D eigenvalue weighted by Gasteiger charge is 2.49. The van der Waals surface area contributed by atoms with Crippen molar-refractivity contribution in [2.75, 3.05) is 0 Å². The highest BCUT2D eigenvalue weighted by molar-refractivity contribution is 8.15. The number of hydrazone groups is 1. The molecular formula is C21H20F2N2OS. The van der Waals surface area contributed by atoms with Crippen LogP contribution in [0, 0.1) is 18.6 Å². The van der Waals surface area contributed by atoms with Crippen molar-refractivity contribution in [1.29, 1.82) is 0 Å². The summed E-state index contributed by atoms with van der Waals surface area (Å²) >= 11 is 1.36. The van der Waals surface area contributed by atoms with Crippen LogP contribution in [0.5, 0.6) is 0 Å². The summed E-state index contributed by atoms with van der Waals surface area (Å²) in [6.45, 7) is 2.99. The standard InChI is InChI=1S/C21H20F2N2OS/c1-13-11-19(23)16(12-18(13)22)20-24-25(14(2)26)21(27-20)10-6-5-8-15-7-3-4-9-17(15)21/h3-4,7,9,11-12H,5-6,8,10H2,1-2H3. The fraction of sp³-hybridized carbons (Fsp3) is 0.333. The van der Waals surface area contributed by atoms with Crippen molar-refractivity contribution in [3.8, 4) is 0 Å².